The van der Waals surface area contributed by atoms with Crippen LogP contribution in [0.4, 0.5) is 5.69 Å². The van der Waals surface area contributed by atoms with E-state index in [1.54, 1.807) is 11.8 Å². The molecule has 0 spiro atoms. The molecule has 0 saturated heterocycles. The summed E-state index contributed by atoms with van der Waals surface area (Å²) in [6.45, 7) is 1.87. The molecule has 0 aromatic heterocycles. The highest BCUT2D eigenvalue weighted by Gasteiger charge is 1.89. The molecule has 0 unspecified atom stereocenters. The van der Waals surface area contributed by atoms with Crippen LogP contribution in [0, 0.1) is 0 Å². The first-order valence-electron chi connectivity index (χ1n) is 3.63. The topological polar surface area (TPSA) is 52.0 Å². The first kappa shape index (κ1) is 9.00. The molecule has 1 aromatic carbocycles. The molecule has 1 rings (SSSR count). The third kappa shape index (κ3) is 2.88. The largest absolute Gasteiger partial charge is 0.402 e. The van der Waals surface area contributed by atoms with Crippen molar-refractivity contribution in [2.24, 2.45) is 5.73 Å². The minimum atomic E-state index is 0.785. The molecular formula is C9H12N2S. The van der Waals surface area contributed by atoms with Crippen molar-refractivity contribution in [3.05, 3.63) is 35.4 Å². The third-order valence-electron chi connectivity index (χ3n) is 1.26. The van der Waals surface area contributed by atoms with Gasteiger partial charge in [-0.05, 0) is 36.6 Å². The van der Waals surface area contributed by atoms with E-state index in [-0.39, 0.29) is 0 Å². The van der Waals surface area contributed by atoms with E-state index in [2.05, 4.69) is 0 Å². The predicted octanol–water partition coefficient (Wildman–Crippen LogP) is 2.18. The molecule has 0 atom stereocenters. The Kier molecular flexibility index (Phi) is 3.05. The second-order valence-electron chi connectivity index (χ2n) is 2.55. The molecule has 2 nitrogen and oxygen atoms in total. The molecule has 3 heteroatoms. The van der Waals surface area contributed by atoms with E-state index in [4.69, 9.17) is 11.5 Å². The van der Waals surface area contributed by atoms with E-state index < -0.39 is 0 Å². The lowest BCUT2D eigenvalue weighted by atomic mass is 10.3. The molecule has 4 N–H and O–H groups in total. The van der Waals surface area contributed by atoms with Crippen molar-refractivity contribution in [2.45, 2.75) is 11.8 Å². The Labute approximate surface area is 76.6 Å². The fraction of sp³-hybridized carbons (Fsp3) is 0.111. The summed E-state index contributed by atoms with van der Waals surface area (Å²) in [5.74, 6) is 0. The Morgan fingerprint density at radius 3 is 2.42 bits per heavy atom. The summed E-state index contributed by atoms with van der Waals surface area (Å²) in [7, 11) is 0. The second-order valence-corrected chi connectivity index (χ2v) is 3.49. The van der Waals surface area contributed by atoms with E-state index in [0.29, 0.717) is 0 Å². The van der Waals surface area contributed by atoms with E-state index in [9.17, 15) is 0 Å². The molecule has 0 aliphatic heterocycles. The van der Waals surface area contributed by atoms with Crippen LogP contribution >= 0.6 is 11.8 Å². The fourth-order valence-corrected chi connectivity index (χ4v) is 1.32. The summed E-state index contributed by atoms with van der Waals surface area (Å²) >= 11 is 1.59. The molecule has 1 aromatic rings. The van der Waals surface area contributed by atoms with Crippen molar-refractivity contribution in [1.29, 1.82) is 0 Å². The quantitative estimate of drug-likeness (QED) is 0.542. The summed E-state index contributed by atoms with van der Waals surface area (Å²) in [4.78, 5) is 1.15. The lowest BCUT2D eigenvalue weighted by molar-refractivity contribution is 1.33. The zero-order valence-electron chi connectivity index (χ0n) is 6.95. The van der Waals surface area contributed by atoms with Crippen molar-refractivity contribution < 1.29 is 0 Å². The van der Waals surface area contributed by atoms with Crippen LogP contribution in [0.25, 0.3) is 0 Å². The Morgan fingerprint density at radius 1 is 1.33 bits per heavy atom. The number of hydrogen-bond donors (Lipinski definition) is 2. The second kappa shape index (κ2) is 4.07. The van der Waals surface area contributed by atoms with Crippen LogP contribution in [0.3, 0.4) is 0 Å². The van der Waals surface area contributed by atoms with Gasteiger partial charge in [0.2, 0.25) is 0 Å². The van der Waals surface area contributed by atoms with Gasteiger partial charge in [-0.25, -0.2) is 0 Å². The van der Waals surface area contributed by atoms with E-state index in [1.807, 2.05) is 36.6 Å². The van der Waals surface area contributed by atoms with Crippen molar-refractivity contribution in [2.75, 3.05) is 5.73 Å². The summed E-state index contributed by atoms with van der Waals surface area (Å²) in [5, 5.41) is 1.91. The number of benzene rings is 1. The van der Waals surface area contributed by atoms with Crippen LogP contribution in [-0.2, 0) is 0 Å². The maximum absolute atomic E-state index is 5.53. The molecule has 0 aliphatic rings. The van der Waals surface area contributed by atoms with Crippen LogP contribution < -0.4 is 11.5 Å². The average molecular weight is 180 g/mol. The van der Waals surface area contributed by atoms with Gasteiger partial charge in [-0.15, -0.1) is 0 Å². The molecular weight excluding hydrogens is 168 g/mol. The first-order chi connectivity index (χ1) is 5.68. The molecule has 0 saturated carbocycles. The van der Waals surface area contributed by atoms with Gasteiger partial charge in [-0.1, -0.05) is 11.8 Å². The Hall–Kier alpha value is -1.09. The number of anilines is 1. The number of rotatable bonds is 2. The molecule has 64 valence electrons. The van der Waals surface area contributed by atoms with Crippen molar-refractivity contribution in [3.8, 4) is 0 Å². The Balaban J connectivity index is 2.65. The van der Waals surface area contributed by atoms with Crippen LogP contribution in [0.15, 0.2) is 40.3 Å². The highest BCUT2D eigenvalue weighted by atomic mass is 32.2. The average Bonchev–Trinajstić information content (AvgIpc) is 2.03. The summed E-state index contributed by atoms with van der Waals surface area (Å²) < 4.78 is 0. The van der Waals surface area contributed by atoms with Gasteiger partial charge in [-0.3, -0.25) is 0 Å². The SMILES string of the molecule is C/C(N)=C/Sc1ccc(N)cc1. The molecule has 0 aliphatic carbocycles. The maximum Gasteiger partial charge on any atom is 0.0314 e. The normalized spacial score (nSPS) is 11.6. The van der Waals surface area contributed by atoms with Crippen LogP contribution in [-0.4, -0.2) is 0 Å². The first-order valence-corrected chi connectivity index (χ1v) is 4.51. The van der Waals surface area contributed by atoms with Crippen molar-refractivity contribution >= 4 is 17.4 Å². The number of allylic oxidation sites excluding steroid dienone is 1. The molecule has 0 bridgehead atoms. The van der Waals surface area contributed by atoms with Gasteiger partial charge in [0.25, 0.3) is 0 Å². The molecule has 12 heavy (non-hydrogen) atoms. The maximum atomic E-state index is 5.53. The predicted molar refractivity (Wildman–Crippen MR) is 54.7 cm³/mol. The molecule has 0 amide bonds. The fourth-order valence-electron chi connectivity index (χ4n) is 0.707. The number of thioether (sulfide) groups is 1. The van der Waals surface area contributed by atoms with E-state index in [0.717, 1.165) is 16.3 Å². The van der Waals surface area contributed by atoms with E-state index in [1.165, 1.54) is 0 Å². The van der Waals surface area contributed by atoms with Crippen LogP contribution in [0.5, 0.6) is 0 Å². The lowest BCUT2D eigenvalue weighted by Gasteiger charge is -1.97. The molecule has 0 radical (unpaired) electrons. The van der Waals surface area contributed by atoms with Crippen LogP contribution in [0.2, 0.25) is 0 Å². The zero-order valence-corrected chi connectivity index (χ0v) is 7.77. The van der Waals surface area contributed by atoms with Gasteiger partial charge in [-0.2, -0.15) is 0 Å². The minimum Gasteiger partial charge on any atom is -0.402 e. The van der Waals surface area contributed by atoms with Gasteiger partial charge < -0.3 is 11.5 Å². The summed E-state index contributed by atoms with van der Waals surface area (Å²) in [6.07, 6.45) is 0. The van der Waals surface area contributed by atoms with Gasteiger partial charge in [0.1, 0.15) is 0 Å². The van der Waals surface area contributed by atoms with Gasteiger partial charge in [0, 0.05) is 16.3 Å². The smallest absolute Gasteiger partial charge is 0.0314 e. The van der Waals surface area contributed by atoms with E-state index >= 15 is 0 Å². The highest BCUT2D eigenvalue weighted by molar-refractivity contribution is 8.02. The molecule has 0 fully saturated rings. The standard InChI is InChI=1S/C9H12N2S/c1-7(10)6-12-9-4-2-8(11)3-5-9/h2-6H,10-11H2,1H3/b7-6-. The van der Waals surface area contributed by atoms with Gasteiger partial charge in [0.15, 0.2) is 0 Å². The minimum absolute atomic E-state index is 0.785. The monoisotopic (exact) mass is 180 g/mol. The van der Waals surface area contributed by atoms with Crippen molar-refractivity contribution in [3.63, 3.8) is 0 Å². The van der Waals surface area contributed by atoms with Crippen LogP contribution in [0.1, 0.15) is 6.92 Å². The van der Waals surface area contributed by atoms with Gasteiger partial charge >= 0.3 is 0 Å². The molecule has 0 heterocycles. The Morgan fingerprint density at radius 2 is 1.92 bits per heavy atom. The number of nitrogen functional groups attached to an aromatic ring is 1. The highest BCUT2D eigenvalue weighted by Crippen LogP contribution is 2.20. The lowest BCUT2D eigenvalue weighted by Crippen LogP contribution is -1.87. The van der Waals surface area contributed by atoms with Gasteiger partial charge in [0.05, 0.1) is 0 Å². The zero-order chi connectivity index (χ0) is 8.97. The third-order valence-corrected chi connectivity index (χ3v) is 2.29. The summed E-state index contributed by atoms with van der Waals surface area (Å²) in [5.41, 5.74) is 12.6. The number of nitrogens with two attached hydrogens (primary N) is 2. The number of hydrogen-bond acceptors (Lipinski definition) is 3. The Bertz CT molecular complexity index is 273. The van der Waals surface area contributed by atoms with Crippen molar-refractivity contribution in [1.82, 2.24) is 0 Å². The summed E-state index contributed by atoms with van der Waals surface area (Å²) in [6, 6.07) is 7.70.